The molecule has 3 heterocycles. The van der Waals surface area contributed by atoms with Crippen LogP contribution in [-0.2, 0) is 17.8 Å². The molecule has 1 aliphatic carbocycles. The second-order valence-electron chi connectivity index (χ2n) is 7.26. The van der Waals surface area contributed by atoms with Crippen LogP contribution in [-0.4, -0.2) is 20.1 Å². The molecule has 0 fully saturated rings. The van der Waals surface area contributed by atoms with Crippen molar-refractivity contribution in [3.05, 3.63) is 69.1 Å². The molecule has 28 heavy (non-hydrogen) atoms. The number of hydrogen-bond acceptors (Lipinski definition) is 4. The summed E-state index contributed by atoms with van der Waals surface area (Å²) in [6.45, 7) is 1.78. The summed E-state index contributed by atoms with van der Waals surface area (Å²) in [6.07, 6.45) is 3.01. The van der Waals surface area contributed by atoms with Gasteiger partial charge in [-0.1, -0.05) is 24.3 Å². The molecule has 1 atom stereocenters. The van der Waals surface area contributed by atoms with Crippen LogP contribution in [0.3, 0.4) is 0 Å². The summed E-state index contributed by atoms with van der Waals surface area (Å²) in [7, 11) is 0. The molecule has 5 rings (SSSR count). The van der Waals surface area contributed by atoms with E-state index in [0.29, 0.717) is 11.3 Å². The largest absolute Gasteiger partial charge is 0.348 e. The van der Waals surface area contributed by atoms with Gasteiger partial charge in [0.15, 0.2) is 0 Å². The standard InChI is InChI=1S/C21H20N4O2S/c1-13-23-24(21(27)18-11-19-17(25(13)18)9-10-28-19)12-20(26)22-16-8-4-6-14-5-2-3-7-15(14)16/h2-3,5,7,9-11,16H,4,6,8,12H2,1H3,(H,22,26)/t16-/m0/s1. The van der Waals surface area contributed by atoms with Crippen LogP contribution in [0.4, 0.5) is 0 Å². The van der Waals surface area contributed by atoms with E-state index in [2.05, 4.69) is 22.5 Å². The molecular formula is C21H20N4O2S. The third-order valence-corrected chi connectivity index (χ3v) is 6.32. The third kappa shape index (κ3) is 2.74. The maximum Gasteiger partial charge on any atom is 0.291 e. The van der Waals surface area contributed by atoms with Gasteiger partial charge in [-0.2, -0.15) is 5.10 Å². The van der Waals surface area contributed by atoms with Crippen molar-refractivity contribution < 1.29 is 4.79 Å². The smallest absolute Gasteiger partial charge is 0.291 e. The van der Waals surface area contributed by atoms with Crippen LogP contribution in [0.2, 0.25) is 0 Å². The fourth-order valence-corrected chi connectivity index (χ4v) is 5.02. The average molecular weight is 392 g/mol. The lowest BCUT2D eigenvalue weighted by Crippen LogP contribution is -2.37. The normalized spacial score (nSPS) is 16.4. The Hall–Kier alpha value is -2.93. The van der Waals surface area contributed by atoms with E-state index >= 15 is 0 Å². The van der Waals surface area contributed by atoms with Crippen molar-refractivity contribution in [1.82, 2.24) is 19.5 Å². The van der Waals surface area contributed by atoms with Crippen molar-refractivity contribution in [2.75, 3.05) is 0 Å². The molecular weight excluding hydrogens is 372 g/mol. The second kappa shape index (κ2) is 6.60. The number of aryl methyl sites for hydroxylation is 2. The van der Waals surface area contributed by atoms with Crippen molar-refractivity contribution >= 4 is 33.0 Å². The average Bonchev–Trinajstić information content (AvgIpc) is 3.27. The molecule has 0 aliphatic heterocycles. The number of fused-ring (bicyclic) bond motifs is 4. The van der Waals surface area contributed by atoms with Crippen molar-refractivity contribution in [1.29, 1.82) is 0 Å². The fourth-order valence-electron chi connectivity index (χ4n) is 4.22. The molecule has 142 valence electrons. The van der Waals surface area contributed by atoms with Crippen molar-refractivity contribution in [3.8, 4) is 0 Å². The molecule has 7 heteroatoms. The maximum atomic E-state index is 12.9. The fraction of sp³-hybridized carbons (Fsp3) is 0.286. The summed E-state index contributed by atoms with van der Waals surface area (Å²) >= 11 is 1.59. The monoisotopic (exact) mass is 392 g/mol. The van der Waals surface area contributed by atoms with Gasteiger partial charge >= 0.3 is 0 Å². The highest BCUT2D eigenvalue weighted by Crippen LogP contribution is 2.29. The van der Waals surface area contributed by atoms with Crippen LogP contribution in [0.25, 0.3) is 15.7 Å². The van der Waals surface area contributed by atoms with Gasteiger partial charge in [-0.15, -0.1) is 11.3 Å². The van der Waals surface area contributed by atoms with E-state index in [1.54, 1.807) is 11.3 Å². The van der Waals surface area contributed by atoms with E-state index in [4.69, 9.17) is 0 Å². The number of aromatic nitrogens is 3. The Morgan fingerprint density at radius 3 is 3.04 bits per heavy atom. The number of nitrogens with one attached hydrogen (secondary N) is 1. The summed E-state index contributed by atoms with van der Waals surface area (Å²) in [5, 5.41) is 9.49. The molecule has 0 bridgehead atoms. The molecule has 1 N–H and O–H groups in total. The van der Waals surface area contributed by atoms with Gasteiger partial charge in [-0.3, -0.25) is 14.0 Å². The highest BCUT2D eigenvalue weighted by atomic mass is 32.1. The van der Waals surface area contributed by atoms with Crippen LogP contribution in [0.15, 0.2) is 46.6 Å². The Morgan fingerprint density at radius 1 is 1.29 bits per heavy atom. The highest BCUT2D eigenvalue weighted by molar-refractivity contribution is 7.17. The Bertz CT molecular complexity index is 1270. The van der Waals surface area contributed by atoms with E-state index in [9.17, 15) is 9.59 Å². The van der Waals surface area contributed by atoms with Gasteiger partial charge in [0.25, 0.3) is 5.56 Å². The van der Waals surface area contributed by atoms with E-state index in [-0.39, 0.29) is 24.1 Å². The van der Waals surface area contributed by atoms with Crippen LogP contribution < -0.4 is 10.9 Å². The van der Waals surface area contributed by atoms with Gasteiger partial charge in [0.1, 0.15) is 17.9 Å². The van der Waals surface area contributed by atoms with Gasteiger partial charge in [0, 0.05) is 0 Å². The van der Waals surface area contributed by atoms with Crippen molar-refractivity contribution in [2.45, 2.75) is 38.8 Å². The molecule has 1 amide bonds. The molecule has 6 nitrogen and oxygen atoms in total. The Morgan fingerprint density at radius 2 is 2.14 bits per heavy atom. The molecule has 1 aromatic carbocycles. The van der Waals surface area contributed by atoms with E-state index < -0.39 is 0 Å². The molecule has 0 spiro atoms. The van der Waals surface area contributed by atoms with E-state index in [1.807, 2.05) is 41.0 Å². The van der Waals surface area contributed by atoms with Crippen LogP contribution in [0.5, 0.6) is 0 Å². The number of hydrogen-bond donors (Lipinski definition) is 1. The highest BCUT2D eigenvalue weighted by Gasteiger charge is 2.22. The van der Waals surface area contributed by atoms with Crippen LogP contribution >= 0.6 is 11.3 Å². The first-order valence-electron chi connectivity index (χ1n) is 9.45. The first kappa shape index (κ1) is 17.2. The molecule has 0 saturated heterocycles. The number of benzene rings is 1. The van der Waals surface area contributed by atoms with Gasteiger partial charge in [-0.05, 0) is 54.8 Å². The Balaban J connectivity index is 1.43. The topological polar surface area (TPSA) is 68.4 Å². The zero-order chi connectivity index (χ0) is 19.3. The number of rotatable bonds is 3. The van der Waals surface area contributed by atoms with Gasteiger partial charge in [-0.25, -0.2) is 4.68 Å². The summed E-state index contributed by atoms with van der Waals surface area (Å²) < 4.78 is 4.18. The zero-order valence-electron chi connectivity index (χ0n) is 15.5. The molecule has 0 saturated carbocycles. The quantitative estimate of drug-likeness (QED) is 0.582. The number of carbonyl (C=O) groups is 1. The first-order valence-corrected chi connectivity index (χ1v) is 10.3. The number of carbonyl (C=O) groups excluding carboxylic acids is 1. The molecule has 3 aromatic heterocycles. The predicted molar refractivity (Wildman–Crippen MR) is 110 cm³/mol. The van der Waals surface area contributed by atoms with Crippen molar-refractivity contribution in [3.63, 3.8) is 0 Å². The van der Waals surface area contributed by atoms with Crippen LogP contribution in [0.1, 0.15) is 35.8 Å². The van der Waals surface area contributed by atoms with Gasteiger partial charge in [0.2, 0.25) is 5.91 Å². The molecule has 1 aliphatic rings. The van der Waals surface area contributed by atoms with Gasteiger partial charge < -0.3 is 5.32 Å². The minimum atomic E-state index is -0.242. The lowest BCUT2D eigenvalue weighted by Gasteiger charge is -2.26. The molecule has 4 aromatic rings. The number of amides is 1. The lowest BCUT2D eigenvalue weighted by atomic mass is 9.88. The number of thiophene rings is 1. The Labute approximate surface area is 165 Å². The minimum absolute atomic E-state index is 0.00313. The molecule has 0 radical (unpaired) electrons. The summed E-state index contributed by atoms with van der Waals surface area (Å²) in [5.41, 5.74) is 3.77. The SMILES string of the molecule is Cc1nn(CC(=O)N[C@H]2CCCc3ccccc32)c(=O)c2cc3sccc3n12. The molecule has 0 unspecified atom stereocenters. The van der Waals surface area contributed by atoms with E-state index in [0.717, 1.165) is 29.5 Å². The van der Waals surface area contributed by atoms with Crippen molar-refractivity contribution in [2.24, 2.45) is 0 Å². The number of nitrogens with zero attached hydrogens (tertiary/aromatic N) is 3. The van der Waals surface area contributed by atoms with Crippen LogP contribution in [0, 0.1) is 6.92 Å². The summed E-state index contributed by atoms with van der Waals surface area (Å²) in [4.78, 5) is 25.6. The maximum absolute atomic E-state index is 12.9. The predicted octanol–water partition coefficient (Wildman–Crippen LogP) is 3.21. The summed E-state index contributed by atoms with van der Waals surface area (Å²) in [5.74, 6) is 0.507. The van der Waals surface area contributed by atoms with Gasteiger partial charge in [0.05, 0.1) is 16.3 Å². The summed E-state index contributed by atoms with van der Waals surface area (Å²) in [6, 6.07) is 12.1. The zero-order valence-corrected chi connectivity index (χ0v) is 16.3. The Kier molecular flexibility index (Phi) is 4.05. The first-order chi connectivity index (χ1) is 13.6. The lowest BCUT2D eigenvalue weighted by molar-refractivity contribution is -0.122. The second-order valence-corrected chi connectivity index (χ2v) is 8.20. The van der Waals surface area contributed by atoms with E-state index in [1.165, 1.54) is 15.8 Å². The third-order valence-electron chi connectivity index (χ3n) is 5.46. The minimum Gasteiger partial charge on any atom is -0.348 e.